The van der Waals surface area contributed by atoms with Gasteiger partial charge in [-0.25, -0.2) is 13.2 Å². The first-order chi connectivity index (χ1) is 16.4. The molecule has 1 amide bonds. The first-order valence-electron chi connectivity index (χ1n) is 10.5. The fourth-order valence-corrected chi connectivity index (χ4v) is 3.74. The number of nitrogens with one attached hydrogen (secondary N) is 2. The molecule has 3 aromatic rings. The first kappa shape index (κ1) is 23.5. The van der Waals surface area contributed by atoms with Gasteiger partial charge < -0.3 is 19.4 Å². The van der Waals surface area contributed by atoms with Crippen molar-refractivity contribution in [3.05, 3.63) is 93.2 Å². The van der Waals surface area contributed by atoms with E-state index in [-0.39, 0.29) is 30.2 Å². The molecule has 1 atom stereocenters. The van der Waals surface area contributed by atoms with Crippen LogP contribution in [0.2, 0.25) is 0 Å². The van der Waals surface area contributed by atoms with Crippen LogP contribution in [0, 0.1) is 17.5 Å². The molecule has 0 radical (unpaired) electrons. The SMILES string of the molecule is COC(NCCOc1ccc2c(c1)NC(=O)C2)c1cccn(Cc2cc(F)c(F)c(F)c2)c1=O. The highest BCUT2D eigenvalue weighted by atomic mass is 19.2. The van der Waals surface area contributed by atoms with Gasteiger partial charge in [-0.2, -0.15) is 0 Å². The van der Waals surface area contributed by atoms with Crippen LogP contribution in [0.5, 0.6) is 5.75 Å². The molecule has 2 N–H and O–H groups in total. The Morgan fingerprint density at radius 1 is 1.12 bits per heavy atom. The number of aromatic nitrogens is 1. The van der Waals surface area contributed by atoms with Gasteiger partial charge in [0.1, 0.15) is 18.6 Å². The summed E-state index contributed by atoms with van der Waals surface area (Å²) in [5, 5.41) is 5.84. The number of hydrogen-bond acceptors (Lipinski definition) is 5. The van der Waals surface area contributed by atoms with E-state index >= 15 is 0 Å². The van der Waals surface area contributed by atoms with E-state index in [1.165, 1.54) is 17.9 Å². The molecule has 7 nitrogen and oxygen atoms in total. The zero-order valence-corrected chi connectivity index (χ0v) is 18.2. The summed E-state index contributed by atoms with van der Waals surface area (Å²) < 4.78 is 52.6. The maximum Gasteiger partial charge on any atom is 0.258 e. The van der Waals surface area contributed by atoms with Gasteiger partial charge >= 0.3 is 0 Å². The van der Waals surface area contributed by atoms with E-state index in [1.54, 1.807) is 24.3 Å². The molecule has 34 heavy (non-hydrogen) atoms. The number of carbonyl (C=O) groups is 1. The van der Waals surface area contributed by atoms with Crippen LogP contribution < -0.4 is 20.9 Å². The first-order valence-corrected chi connectivity index (χ1v) is 10.5. The molecule has 1 aromatic heterocycles. The van der Waals surface area contributed by atoms with Gasteiger partial charge in [-0.3, -0.25) is 14.9 Å². The van der Waals surface area contributed by atoms with Crippen LogP contribution in [0.3, 0.4) is 0 Å². The standard InChI is InChI=1S/C24H22F3N3O4/c1-33-23(28-6-8-34-16-5-4-15-11-21(31)29-20(15)12-16)17-3-2-7-30(24(17)32)13-14-9-18(25)22(27)19(26)10-14/h2-5,7,9-10,12,23,28H,6,8,11,13H2,1H3,(H,29,31). The number of carbonyl (C=O) groups excluding carboxylic acids is 1. The highest BCUT2D eigenvalue weighted by Gasteiger charge is 2.19. The van der Waals surface area contributed by atoms with Crippen molar-refractivity contribution in [2.75, 3.05) is 25.6 Å². The Kier molecular flexibility index (Phi) is 6.99. The van der Waals surface area contributed by atoms with E-state index in [1.807, 2.05) is 6.07 Å². The van der Waals surface area contributed by atoms with E-state index in [0.29, 0.717) is 18.7 Å². The fourth-order valence-electron chi connectivity index (χ4n) is 3.74. The van der Waals surface area contributed by atoms with E-state index < -0.39 is 29.2 Å². The average molecular weight is 473 g/mol. The highest BCUT2D eigenvalue weighted by Crippen LogP contribution is 2.27. The van der Waals surface area contributed by atoms with E-state index in [0.717, 1.165) is 23.4 Å². The monoisotopic (exact) mass is 473 g/mol. The third-order valence-electron chi connectivity index (χ3n) is 5.37. The summed E-state index contributed by atoms with van der Waals surface area (Å²) in [6.45, 7) is 0.460. The molecule has 0 aliphatic carbocycles. The summed E-state index contributed by atoms with van der Waals surface area (Å²) in [5.41, 5.74) is 1.62. The lowest BCUT2D eigenvalue weighted by molar-refractivity contribution is -0.115. The molecule has 4 rings (SSSR count). The molecule has 178 valence electrons. The number of nitrogens with zero attached hydrogens (tertiary/aromatic N) is 1. The molecule has 1 aliphatic heterocycles. The molecule has 1 aliphatic rings. The van der Waals surface area contributed by atoms with Crippen LogP contribution in [0.25, 0.3) is 0 Å². The zero-order chi connectivity index (χ0) is 24.2. The Balaban J connectivity index is 1.38. The number of hydrogen-bond donors (Lipinski definition) is 2. The maximum atomic E-state index is 13.5. The van der Waals surface area contributed by atoms with Gasteiger partial charge in [0.2, 0.25) is 5.91 Å². The molecular weight excluding hydrogens is 451 g/mol. The molecule has 0 saturated heterocycles. The molecule has 0 fully saturated rings. The number of pyridine rings is 1. The number of anilines is 1. The molecule has 0 bridgehead atoms. The minimum atomic E-state index is -1.56. The summed E-state index contributed by atoms with van der Waals surface area (Å²) in [6.07, 6.45) is 1.06. The minimum absolute atomic E-state index is 0.0556. The van der Waals surface area contributed by atoms with Gasteiger partial charge in [0, 0.05) is 31.6 Å². The van der Waals surface area contributed by atoms with E-state index in [9.17, 15) is 22.8 Å². The van der Waals surface area contributed by atoms with Crippen molar-refractivity contribution in [1.82, 2.24) is 9.88 Å². The van der Waals surface area contributed by atoms with Crippen LogP contribution >= 0.6 is 0 Å². The number of benzene rings is 2. The Labute approximate surface area is 193 Å². The van der Waals surface area contributed by atoms with E-state index in [2.05, 4.69) is 10.6 Å². The number of halogens is 3. The van der Waals surface area contributed by atoms with Gasteiger partial charge in [0.05, 0.1) is 18.5 Å². The van der Waals surface area contributed by atoms with Crippen molar-refractivity contribution in [3.8, 4) is 5.75 Å². The van der Waals surface area contributed by atoms with Crippen molar-refractivity contribution in [2.45, 2.75) is 19.2 Å². The second-order valence-electron chi connectivity index (χ2n) is 7.73. The van der Waals surface area contributed by atoms with Crippen molar-refractivity contribution >= 4 is 11.6 Å². The predicted molar refractivity (Wildman–Crippen MR) is 118 cm³/mol. The Bertz CT molecular complexity index is 1260. The minimum Gasteiger partial charge on any atom is -0.492 e. The van der Waals surface area contributed by atoms with Crippen molar-refractivity contribution in [3.63, 3.8) is 0 Å². The predicted octanol–water partition coefficient (Wildman–Crippen LogP) is 3.12. The van der Waals surface area contributed by atoms with Gasteiger partial charge in [0.25, 0.3) is 5.56 Å². The highest BCUT2D eigenvalue weighted by molar-refractivity contribution is 5.99. The summed E-state index contributed by atoms with van der Waals surface area (Å²) in [6, 6.07) is 10.3. The number of rotatable bonds is 9. The summed E-state index contributed by atoms with van der Waals surface area (Å²) in [4.78, 5) is 24.4. The Hall–Kier alpha value is -3.63. The lowest BCUT2D eigenvalue weighted by Gasteiger charge is -2.18. The Morgan fingerprint density at radius 3 is 2.62 bits per heavy atom. The van der Waals surface area contributed by atoms with Crippen LogP contribution in [0.4, 0.5) is 18.9 Å². The van der Waals surface area contributed by atoms with Crippen molar-refractivity contribution < 1.29 is 27.4 Å². The lowest BCUT2D eigenvalue weighted by Crippen LogP contribution is -2.34. The Morgan fingerprint density at radius 2 is 1.88 bits per heavy atom. The molecule has 10 heteroatoms. The van der Waals surface area contributed by atoms with Crippen molar-refractivity contribution in [2.24, 2.45) is 0 Å². The number of ether oxygens (including phenoxy) is 2. The quantitative estimate of drug-likeness (QED) is 0.284. The summed E-state index contributed by atoms with van der Waals surface area (Å²) in [5.74, 6) is -3.65. The third-order valence-corrected chi connectivity index (χ3v) is 5.37. The summed E-state index contributed by atoms with van der Waals surface area (Å²) in [7, 11) is 1.43. The smallest absolute Gasteiger partial charge is 0.258 e. The molecule has 2 aromatic carbocycles. The van der Waals surface area contributed by atoms with Gasteiger partial charge in [-0.15, -0.1) is 0 Å². The van der Waals surface area contributed by atoms with E-state index in [4.69, 9.17) is 9.47 Å². The topological polar surface area (TPSA) is 81.6 Å². The van der Waals surface area contributed by atoms with Gasteiger partial charge in [0.15, 0.2) is 17.5 Å². The third kappa shape index (κ3) is 5.13. The lowest BCUT2D eigenvalue weighted by atomic mass is 10.1. The second-order valence-corrected chi connectivity index (χ2v) is 7.73. The number of amides is 1. The maximum absolute atomic E-state index is 13.5. The van der Waals surface area contributed by atoms with Crippen molar-refractivity contribution in [1.29, 1.82) is 0 Å². The fraction of sp³-hybridized carbons (Fsp3) is 0.250. The molecular formula is C24H22F3N3O4. The summed E-state index contributed by atoms with van der Waals surface area (Å²) >= 11 is 0. The van der Waals surface area contributed by atoms with Crippen LogP contribution in [0.1, 0.15) is 22.9 Å². The van der Waals surface area contributed by atoms with Crippen LogP contribution in [-0.4, -0.2) is 30.7 Å². The number of methoxy groups -OCH3 is 1. The molecule has 0 saturated carbocycles. The van der Waals surface area contributed by atoms with Gasteiger partial charge in [-0.1, -0.05) is 6.07 Å². The zero-order valence-electron chi connectivity index (χ0n) is 18.2. The molecule has 0 spiro atoms. The molecule has 1 unspecified atom stereocenters. The average Bonchev–Trinajstić information content (AvgIpc) is 3.18. The van der Waals surface area contributed by atoms with Crippen LogP contribution in [-0.2, 0) is 22.5 Å². The van der Waals surface area contributed by atoms with Crippen LogP contribution in [0.15, 0.2) is 53.5 Å². The number of fused-ring (bicyclic) bond motifs is 1. The normalized spacial score (nSPS) is 13.5. The largest absolute Gasteiger partial charge is 0.492 e. The van der Waals surface area contributed by atoms with Gasteiger partial charge in [-0.05, 0) is 41.5 Å². The molecule has 2 heterocycles. The second kappa shape index (κ2) is 10.1.